The number of amides is 3. The predicted molar refractivity (Wildman–Crippen MR) is 115 cm³/mol. The Balaban J connectivity index is 1.66. The first-order chi connectivity index (χ1) is 14.9. The number of nitrogens with zero attached hydrogens (tertiary/aromatic N) is 1. The minimum Gasteiger partial charge on any atom is -0.451 e. The molecule has 2 aromatic heterocycles. The van der Waals surface area contributed by atoms with E-state index in [0.29, 0.717) is 21.6 Å². The molecule has 0 spiro atoms. The lowest BCUT2D eigenvalue weighted by Gasteiger charge is -2.09. The van der Waals surface area contributed by atoms with Crippen LogP contribution in [0.25, 0.3) is 11.3 Å². The number of likely N-dealkylation sites (N-methyl/N-ethyl adjacent to an activating group) is 1. The highest BCUT2D eigenvalue weighted by Crippen LogP contribution is 2.23. The third kappa shape index (κ3) is 5.77. The van der Waals surface area contributed by atoms with Gasteiger partial charge in [-0.1, -0.05) is 24.3 Å². The SMILES string of the molecule is CNC(=O)[C@H](O)NC(=O)c1ccc(-c2cccc(CNC(=O)c3cccc(Br)n3)c2)o1. The van der Waals surface area contributed by atoms with Crippen LogP contribution >= 0.6 is 15.9 Å². The zero-order chi connectivity index (χ0) is 22.4. The van der Waals surface area contributed by atoms with Crippen molar-refractivity contribution in [2.24, 2.45) is 0 Å². The van der Waals surface area contributed by atoms with Crippen molar-refractivity contribution in [2.45, 2.75) is 12.8 Å². The number of rotatable bonds is 7. The lowest BCUT2D eigenvalue weighted by Crippen LogP contribution is -2.45. The number of aliphatic hydroxyl groups excluding tert-OH is 1. The third-order valence-electron chi connectivity index (χ3n) is 4.20. The maximum absolute atomic E-state index is 12.3. The fraction of sp³-hybridized carbons (Fsp3) is 0.143. The lowest BCUT2D eigenvalue weighted by molar-refractivity contribution is -0.129. The Labute approximate surface area is 186 Å². The summed E-state index contributed by atoms with van der Waals surface area (Å²) in [4.78, 5) is 39.8. The number of pyridine rings is 1. The van der Waals surface area contributed by atoms with Gasteiger partial charge < -0.3 is 25.5 Å². The smallest absolute Gasteiger partial charge is 0.289 e. The van der Waals surface area contributed by atoms with Crippen molar-refractivity contribution in [3.05, 3.63) is 76.2 Å². The van der Waals surface area contributed by atoms with Crippen LogP contribution in [-0.2, 0) is 11.3 Å². The molecule has 0 fully saturated rings. The van der Waals surface area contributed by atoms with Crippen molar-refractivity contribution in [3.8, 4) is 11.3 Å². The fourth-order valence-corrected chi connectivity index (χ4v) is 3.00. The number of halogens is 1. The number of furan rings is 1. The molecule has 9 nitrogen and oxygen atoms in total. The Hall–Kier alpha value is -3.50. The van der Waals surface area contributed by atoms with Gasteiger partial charge in [-0.05, 0) is 51.8 Å². The van der Waals surface area contributed by atoms with E-state index < -0.39 is 18.0 Å². The van der Waals surface area contributed by atoms with Gasteiger partial charge in [0, 0.05) is 19.2 Å². The molecule has 3 rings (SSSR count). The van der Waals surface area contributed by atoms with Crippen molar-refractivity contribution in [1.29, 1.82) is 0 Å². The molecule has 3 amide bonds. The number of aliphatic hydroxyl groups is 1. The minimum absolute atomic E-state index is 0.0580. The van der Waals surface area contributed by atoms with Crippen LogP contribution in [0.4, 0.5) is 0 Å². The molecule has 1 aromatic carbocycles. The molecule has 4 N–H and O–H groups in total. The molecule has 160 valence electrons. The number of hydrogen-bond acceptors (Lipinski definition) is 6. The summed E-state index contributed by atoms with van der Waals surface area (Å²) in [5, 5.41) is 16.7. The molecule has 1 atom stereocenters. The Kier molecular flexibility index (Phi) is 7.16. The first-order valence-corrected chi connectivity index (χ1v) is 9.97. The molecule has 10 heteroatoms. The van der Waals surface area contributed by atoms with Crippen molar-refractivity contribution in [3.63, 3.8) is 0 Å². The summed E-state index contributed by atoms with van der Waals surface area (Å²) in [5.74, 6) is -1.42. The minimum atomic E-state index is -1.68. The number of hydrogen-bond donors (Lipinski definition) is 4. The summed E-state index contributed by atoms with van der Waals surface area (Å²) in [7, 11) is 1.34. The van der Waals surface area contributed by atoms with E-state index in [9.17, 15) is 19.5 Å². The molecule has 0 aliphatic rings. The zero-order valence-corrected chi connectivity index (χ0v) is 18.0. The van der Waals surface area contributed by atoms with E-state index in [0.717, 1.165) is 5.56 Å². The molecule has 0 aliphatic carbocycles. The second-order valence-corrected chi connectivity index (χ2v) is 7.20. The molecule has 0 bridgehead atoms. The first kappa shape index (κ1) is 22.2. The van der Waals surface area contributed by atoms with Gasteiger partial charge in [0.05, 0.1) is 0 Å². The van der Waals surface area contributed by atoms with Crippen molar-refractivity contribution in [2.75, 3.05) is 7.05 Å². The van der Waals surface area contributed by atoms with Gasteiger partial charge in [0.2, 0.25) is 6.23 Å². The van der Waals surface area contributed by atoms with Crippen molar-refractivity contribution < 1.29 is 23.9 Å². The van der Waals surface area contributed by atoms with Crippen LogP contribution in [0.1, 0.15) is 26.6 Å². The van der Waals surface area contributed by atoms with Gasteiger partial charge in [0.1, 0.15) is 16.1 Å². The largest absolute Gasteiger partial charge is 0.451 e. The molecule has 2 heterocycles. The maximum Gasteiger partial charge on any atom is 0.289 e. The van der Waals surface area contributed by atoms with Crippen LogP contribution < -0.4 is 16.0 Å². The molecule has 0 saturated heterocycles. The summed E-state index contributed by atoms with van der Waals surface area (Å²) in [6, 6.07) is 15.4. The normalized spacial score (nSPS) is 11.5. The van der Waals surface area contributed by atoms with Crippen LogP contribution in [0.3, 0.4) is 0 Å². The van der Waals surface area contributed by atoms with Gasteiger partial charge in [-0.2, -0.15) is 0 Å². The van der Waals surface area contributed by atoms with E-state index in [1.54, 1.807) is 36.4 Å². The van der Waals surface area contributed by atoms with Gasteiger partial charge >= 0.3 is 0 Å². The third-order valence-corrected chi connectivity index (χ3v) is 4.65. The van der Waals surface area contributed by atoms with E-state index >= 15 is 0 Å². The number of carbonyl (C=O) groups excluding carboxylic acids is 3. The van der Waals surface area contributed by atoms with Gasteiger partial charge in [-0.15, -0.1) is 0 Å². The summed E-state index contributed by atoms with van der Waals surface area (Å²) >= 11 is 3.23. The Bertz CT molecular complexity index is 1110. The quantitative estimate of drug-likeness (QED) is 0.297. The van der Waals surface area contributed by atoms with Crippen LogP contribution in [-0.4, -0.2) is 41.1 Å². The molecule has 3 aromatic rings. The van der Waals surface area contributed by atoms with Gasteiger partial charge in [0.25, 0.3) is 17.7 Å². The molecule has 0 radical (unpaired) electrons. The van der Waals surface area contributed by atoms with E-state index in [4.69, 9.17) is 4.42 Å². The number of nitrogens with one attached hydrogen (secondary N) is 3. The van der Waals surface area contributed by atoms with Crippen LogP contribution in [0, 0.1) is 0 Å². The standard InChI is InChI=1S/C21H19BrN4O5/c1-23-20(29)21(30)26-19(28)16-9-8-15(31-16)13-5-2-4-12(10-13)11-24-18(27)14-6-3-7-17(22)25-14/h2-10,21,30H,11H2,1H3,(H,23,29)(H,24,27)(H,26,28)/t21-/m0/s1. The average molecular weight is 487 g/mol. The van der Waals surface area contributed by atoms with Crippen LogP contribution in [0.2, 0.25) is 0 Å². The van der Waals surface area contributed by atoms with Gasteiger partial charge in [-0.3, -0.25) is 14.4 Å². The molecular formula is C21H19BrN4O5. The topological polar surface area (TPSA) is 134 Å². The van der Waals surface area contributed by atoms with Gasteiger partial charge in [-0.25, -0.2) is 4.98 Å². The number of benzene rings is 1. The average Bonchev–Trinajstić information content (AvgIpc) is 3.27. The van der Waals surface area contributed by atoms with Crippen molar-refractivity contribution >= 4 is 33.7 Å². The summed E-state index contributed by atoms with van der Waals surface area (Å²) < 4.78 is 6.12. The highest BCUT2D eigenvalue weighted by Gasteiger charge is 2.19. The van der Waals surface area contributed by atoms with Gasteiger partial charge in [0.15, 0.2) is 5.76 Å². The Morgan fingerprint density at radius 1 is 1.10 bits per heavy atom. The fourth-order valence-electron chi connectivity index (χ4n) is 2.65. The maximum atomic E-state index is 12.3. The van der Waals surface area contributed by atoms with Crippen LogP contribution in [0.5, 0.6) is 0 Å². The van der Waals surface area contributed by atoms with E-state index in [2.05, 4.69) is 36.9 Å². The second-order valence-electron chi connectivity index (χ2n) is 6.38. The molecule has 0 aliphatic heterocycles. The summed E-state index contributed by atoms with van der Waals surface area (Å²) in [6.45, 7) is 0.271. The number of aromatic nitrogens is 1. The first-order valence-electron chi connectivity index (χ1n) is 9.18. The second kappa shape index (κ2) is 10.0. The highest BCUT2D eigenvalue weighted by molar-refractivity contribution is 9.10. The predicted octanol–water partition coefficient (Wildman–Crippen LogP) is 1.83. The lowest BCUT2D eigenvalue weighted by atomic mass is 10.1. The Morgan fingerprint density at radius 3 is 2.61 bits per heavy atom. The van der Waals surface area contributed by atoms with E-state index in [1.807, 2.05) is 12.1 Å². The highest BCUT2D eigenvalue weighted by atomic mass is 79.9. The van der Waals surface area contributed by atoms with Crippen LogP contribution in [0.15, 0.2) is 63.6 Å². The van der Waals surface area contributed by atoms with E-state index in [-0.39, 0.29) is 18.2 Å². The summed E-state index contributed by atoms with van der Waals surface area (Å²) in [6.07, 6.45) is -1.68. The summed E-state index contributed by atoms with van der Waals surface area (Å²) in [5.41, 5.74) is 1.81. The zero-order valence-electron chi connectivity index (χ0n) is 16.4. The van der Waals surface area contributed by atoms with Crippen molar-refractivity contribution in [1.82, 2.24) is 20.9 Å². The molecule has 0 saturated carbocycles. The molecule has 31 heavy (non-hydrogen) atoms. The molecule has 0 unspecified atom stereocenters. The molecular weight excluding hydrogens is 468 g/mol. The number of carbonyl (C=O) groups is 3. The van der Waals surface area contributed by atoms with E-state index in [1.165, 1.54) is 13.1 Å². The monoisotopic (exact) mass is 486 g/mol. The Morgan fingerprint density at radius 2 is 1.87 bits per heavy atom.